The third-order valence-corrected chi connectivity index (χ3v) is 2.25. The monoisotopic (exact) mass is 259 g/mol. The summed E-state index contributed by atoms with van der Waals surface area (Å²) in [6.07, 6.45) is 2.01. The molecule has 0 spiro atoms. The van der Waals surface area contributed by atoms with Crippen molar-refractivity contribution in [3.8, 4) is 0 Å². The Labute approximate surface area is 107 Å². The fourth-order valence-electron chi connectivity index (χ4n) is 1.19. The lowest BCUT2D eigenvalue weighted by atomic mass is 9.97. The van der Waals surface area contributed by atoms with Crippen molar-refractivity contribution in [3.63, 3.8) is 0 Å². The van der Waals surface area contributed by atoms with Crippen LogP contribution in [-0.4, -0.2) is 30.5 Å². The van der Waals surface area contributed by atoms with E-state index in [0.29, 0.717) is 18.7 Å². The lowest BCUT2D eigenvalue weighted by Crippen LogP contribution is -2.46. The Balaban J connectivity index is 4.20. The van der Waals surface area contributed by atoms with Gasteiger partial charge >= 0.3 is 5.97 Å². The Hall–Kier alpha value is -1.43. The van der Waals surface area contributed by atoms with Crippen LogP contribution in [0.25, 0.3) is 0 Å². The number of carbonyl (C=O) groups is 1. The minimum Gasteiger partial charge on any atom is -0.465 e. The first-order valence-corrected chi connectivity index (χ1v) is 5.86. The molecule has 0 fully saturated rings. The normalized spacial score (nSPS) is 16.3. The quantitative estimate of drug-likeness (QED) is 0.409. The molecule has 18 heavy (non-hydrogen) atoms. The first-order valence-electron chi connectivity index (χ1n) is 5.86. The smallest absolute Gasteiger partial charge is 0.325 e. The van der Waals surface area contributed by atoms with Gasteiger partial charge in [0.1, 0.15) is 11.4 Å². The van der Waals surface area contributed by atoms with Crippen LogP contribution in [0.15, 0.2) is 16.9 Å². The summed E-state index contributed by atoms with van der Waals surface area (Å²) in [6.45, 7) is 5.06. The second kappa shape index (κ2) is 7.81. The Morgan fingerprint density at radius 2 is 2.17 bits per heavy atom. The van der Waals surface area contributed by atoms with Crippen LogP contribution in [-0.2, 0) is 9.53 Å². The van der Waals surface area contributed by atoms with E-state index >= 15 is 0 Å². The molecule has 0 aromatic rings. The standard InChI is InChI=1S/C12H22FN3O2/c1-4-18-11(17)12(3,15)7-5-6-10(13)8-16-9(2)14/h6H,4-5,7-8,15H2,1-3H3,(H2,14,16)/b10-6+/t12-/m1/s1. The van der Waals surface area contributed by atoms with E-state index < -0.39 is 11.5 Å². The molecule has 0 aliphatic carbocycles. The van der Waals surface area contributed by atoms with Gasteiger partial charge in [0.15, 0.2) is 0 Å². The lowest BCUT2D eigenvalue weighted by molar-refractivity contribution is -0.149. The third-order valence-electron chi connectivity index (χ3n) is 2.25. The molecule has 4 N–H and O–H groups in total. The average molecular weight is 259 g/mol. The summed E-state index contributed by atoms with van der Waals surface area (Å²) in [4.78, 5) is 15.2. The minimum absolute atomic E-state index is 0.0803. The summed E-state index contributed by atoms with van der Waals surface area (Å²) in [5.41, 5.74) is 9.97. The summed E-state index contributed by atoms with van der Waals surface area (Å²) in [7, 11) is 0. The van der Waals surface area contributed by atoms with Crippen LogP contribution >= 0.6 is 0 Å². The van der Waals surface area contributed by atoms with Crippen molar-refractivity contribution in [1.82, 2.24) is 0 Å². The molecule has 104 valence electrons. The van der Waals surface area contributed by atoms with E-state index in [1.807, 2.05) is 0 Å². The lowest BCUT2D eigenvalue weighted by Gasteiger charge is -2.21. The van der Waals surface area contributed by atoms with Crippen molar-refractivity contribution < 1.29 is 13.9 Å². The van der Waals surface area contributed by atoms with Gasteiger partial charge in [-0.2, -0.15) is 0 Å². The van der Waals surface area contributed by atoms with Crippen molar-refractivity contribution >= 4 is 11.8 Å². The van der Waals surface area contributed by atoms with E-state index in [1.54, 1.807) is 20.8 Å². The molecule has 0 aromatic heterocycles. The molecular formula is C12H22FN3O2. The van der Waals surface area contributed by atoms with E-state index in [2.05, 4.69) is 4.99 Å². The predicted molar refractivity (Wildman–Crippen MR) is 69.8 cm³/mol. The molecule has 0 saturated carbocycles. The number of esters is 1. The maximum atomic E-state index is 13.2. The Bertz CT molecular complexity index is 334. The van der Waals surface area contributed by atoms with Gasteiger partial charge < -0.3 is 16.2 Å². The van der Waals surface area contributed by atoms with Crippen LogP contribution in [0.4, 0.5) is 4.39 Å². The summed E-state index contributed by atoms with van der Waals surface area (Å²) in [5.74, 6) is -0.539. The van der Waals surface area contributed by atoms with E-state index in [4.69, 9.17) is 16.2 Å². The van der Waals surface area contributed by atoms with Crippen molar-refractivity contribution in [2.75, 3.05) is 13.2 Å². The highest BCUT2D eigenvalue weighted by atomic mass is 19.1. The van der Waals surface area contributed by atoms with Crippen LogP contribution in [0.1, 0.15) is 33.6 Å². The van der Waals surface area contributed by atoms with Crippen molar-refractivity contribution in [2.45, 2.75) is 39.2 Å². The van der Waals surface area contributed by atoms with Gasteiger partial charge in [0.2, 0.25) is 0 Å². The number of amidine groups is 1. The molecule has 0 unspecified atom stereocenters. The highest BCUT2D eigenvalue weighted by molar-refractivity contribution is 5.80. The molecule has 0 aliphatic heterocycles. The van der Waals surface area contributed by atoms with Gasteiger partial charge in [0.25, 0.3) is 0 Å². The number of aliphatic imine (C=N–C) groups is 1. The zero-order chi connectivity index (χ0) is 14.2. The van der Waals surface area contributed by atoms with Crippen molar-refractivity contribution in [2.24, 2.45) is 16.5 Å². The number of rotatable bonds is 7. The number of allylic oxidation sites excluding steroid dienone is 1. The summed E-state index contributed by atoms with van der Waals surface area (Å²) in [5, 5.41) is 0. The Kier molecular flexibility index (Phi) is 7.19. The molecule has 0 aromatic carbocycles. The molecule has 0 heterocycles. The fraction of sp³-hybridized carbons (Fsp3) is 0.667. The Morgan fingerprint density at radius 3 is 2.67 bits per heavy atom. The molecule has 0 aliphatic rings. The summed E-state index contributed by atoms with van der Waals surface area (Å²) >= 11 is 0. The molecule has 0 amide bonds. The first kappa shape index (κ1) is 16.6. The average Bonchev–Trinajstić information content (AvgIpc) is 2.26. The summed E-state index contributed by atoms with van der Waals surface area (Å²) < 4.78 is 18.1. The van der Waals surface area contributed by atoms with Gasteiger partial charge in [-0.1, -0.05) is 6.08 Å². The number of nitrogens with two attached hydrogens (primary N) is 2. The van der Waals surface area contributed by atoms with Crippen LogP contribution in [0.3, 0.4) is 0 Å². The van der Waals surface area contributed by atoms with E-state index in [1.165, 1.54) is 6.08 Å². The van der Waals surface area contributed by atoms with Gasteiger partial charge in [0.05, 0.1) is 19.0 Å². The minimum atomic E-state index is -1.10. The van der Waals surface area contributed by atoms with E-state index in [0.717, 1.165) is 0 Å². The maximum Gasteiger partial charge on any atom is 0.325 e. The number of hydrogen-bond donors (Lipinski definition) is 2. The van der Waals surface area contributed by atoms with Gasteiger partial charge in [-0.25, -0.2) is 4.39 Å². The van der Waals surface area contributed by atoms with Crippen molar-refractivity contribution in [3.05, 3.63) is 11.9 Å². The first-order chi connectivity index (χ1) is 8.29. The van der Waals surface area contributed by atoms with E-state index in [9.17, 15) is 9.18 Å². The Morgan fingerprint density at radius 1 is 1.56 bits per heavy atom. The zero-order valence-corrected chi connectivity index (χ0v) is 11.2. The number of nitrogens with zero attached hydrogens (tertiary/aromatic N) is 1. The molecular weight excluding hydrogens is 237 g/mol. The third kappa shape index (κ3) is 7.01. The largest absolute Gasteiger partial charge is 0.465 e. The molecule has 0 saturated heterocycles. The zero-order valence-electron chi connectivity index (χ0n) is 11.2. The number of carbonyl (C=O) groups excluding carboxylic acids is 1. The second-order valence-corrected chi connectivity index (χ2v) is 4.29. The highest BCUT2D eigenvalue weighted by Crippen LogP contribution is 2.13. The molecule has 0 bridgehead atoms. The van der Waals surface area contributed by atoms with Gasteiger partial charge in [-0.15, -0.1) is 0 Å². The van der Waals surface area contributed by atoms with Crippen LogP contribution in [0.2, 0.25) is 0 Å². The molecule has 0 radical (unpaired) electrons. The van der Waals surface area contributed by atoms with Gasteiger partial charge in [0, 0.05) is 0 Å². The van der Waals surface area contributed by atoms with Crippen LogP contribution in [0, 0.1) is 0 Å². The van der Waals surface area contributed by atoms with Gasteiger partial charge in [-0.05, 0) is 33.6 Å². The molecule has 6 heteroatoms. The summed E-state index contributed by atoms with van der Waals surface area (Å²) in [6, 6.07) is 0. The number of ether oxygens (including phenoxy) is 1. The van der Waals surface area contributed by atoms with Crippen LogP contribution in [0.5, 0.6) is 0 Å². The maximum absolute atomic E-state index is 13.2. The fourth-order valence-corrected chi connectivity index (χ4v) is 1.19. The van der Waals surface area contributed by atoms with Gasteiger partial charge in [-0.3, -0.25) is 9.79 Å². The molecule has 1 atom stereocenters. The number of hydrogen-bond acceptors (Lipinski definition) is 4. The predicted octanol–water partition coefficient (Wildman–Crippen LogP) is 1.28. The van der Waals surface area contributed by atoms with E-state index in [-0.39, 0.29) is 19.0 Å². The number of halogens is 1. The topological polar surface area (TPSA) is 90.7 Å². The van der Waals surface area contributed by atoms with Crippen molar-refractivity contribution in [1.29, 1.82) is 0 Å². The molecule has 0 rings (SSSR count). The SMILES string of the molecule is CCOC(=O)[C@](C)(N)CC/C=C(/F)CN=C(C)N. The van der Waals surface area contributed by atoms with Crippen LogP contribution < -0.4 is 11.5 Å². The second-order valence-electron chi connectivity index (χ2n) is 4.29. The highest BCUT2D eigenvalue weighted by Gasteiger charge is 2.28. The molecule has 5 nitrogen and oxygen atoms in total.